The van der Waals surface area contributed by atoms with Gasteiger partial charge >= 0.3 is 0 Å². The lowest BCUT2D eigenvalue weighted by Gasteiger charge is -2.29. The summed E-state index contributed by atoms with van der Waals surface area (Å²) in [6.45, 7) is 4.54. The number of hydrogen-bond donors (Lipinski definition) is 1. The molecule has 0 saturated carbocycles. The van der Waals surface area contributed by atoms with Crippen LogP contribution in [0.25, 0.3) is 0 Å². The van der Waals surface area contributed by atoms with Crippen molar-refractivity contribution < 1.29 is 0 Å². The van der Waals surface area contributed by atoms with E-state index in [1.165, 1.54) is 37.1 Å². The van der Waals surface area contributed by atoms with Crippen LogP contribution in [0.3, 0.4) is 0 Å². The minimum Gasteiger partial charge on any atom is -0.306 e. The molecule has 0 aromatic heterocycles. The molecular formula is C15H21NS. The first-order valence-electron chi connectivity index (χ1n) is 6.31. The van der Waals surface area contributed by atoms with E-state index in [0.29, 0.717) is 5.92 Å². The highest BCUT2D eigenvalue weighted by Crippen LogP contribution is 2.27. The normalized spacial score (nSPS) is 34.6. The van der Waals surface area contributed by atoms with Gasteiger partial charge in [-0.25, -0.2) is 0 Å². The molecule has 1 nitrogen and oxygen atoms in total. The topological polar surface area (TPSA) is 3.24 Å². The van der Waals surface area contributed by atoms with Gasteiger partial charge in [0.15, 0.2) is 0 Å². The standard InChI is InChI=1S/C15H21NS/c1-12-3-4-13(5-6-15(17)11-12)14-7-9-16(2)10-8-14/h3-6,11,14,17H,7-10H2,1-2H3/b4-3?,6-5-,12-3-,12-11?,13-4+,13-5?,15-6?,15-11+. The lowest BCUT2D eigenvalue weighted by Crippen LogP contribution is -2.30. The summed E-state index contributed by atoms with van der Waals surface area (Å²) in [5.41, 5.74) is 2.72. The average molecular weight is 247 g/mol. The van der Waals surface area contributed by atoms with E-state index in [0.717, 1.165) is 4.91 Å². The van der Waals surface area contributed by atoms with Gasteiger partial charge in [-0.05, 0) is 63.5 Å². The Morgan fingerprint density at radius 3 is 2.59 bits per heavy atom. The van der Waals surface area contributed by atoms with Crippen LogP contribution < -0.4 is 0 Å². The number of likely N-dealkylation sites (tertiary alicyclic amines) is 1. The smallest absolute Gasteiger partial charge is 0.00427 e. The third-order valence-corrected chi connectivity index (χ3v) is 3.83. The first kappa shape index (κ1) is 12.7. The van der Waals surface area contributed by atoms with Gasteiger partial charge < -0.3 is 4.90 Å². The molecule has 92 valence electrons. The van der Waals surface area contributed by atoms with E-state index in [1.807, 2.05) is 0 Å². The predicted molar refractivity (Wildman–Crippen MR) is 78.3 cm³/mol. The summed E-state index contributed by atoms with van der Waals surface area (Å²) in [6.07, 6.45) is 13.5. The van der Waals surface area contributed by atoms with Crippen LogP contribution in [0.2, 0.25) is 0 Å². The molecule has 0 amide bonds. The summed E-state index contributed by atoms with van der Waals surface area (Å²) in [5.74, 6) is 0.714. The molecule has 0 N–H and O–H groups in total. The molecule has 0 bridgehead atoms. The maximum absolute atomic E-state index is 4.45. The van der Waals surface area contributed by atoms with Crippen LogP contribution in [-0.2, 0) is 0 Å². The zero-order chi connectivity index (χ0) is 12.3. The largest absolute Gasteiger partial charge is 0.306 e. The van der Waals surface area contributed by atoms with E-state index in [9.17, 15) is 0 Å². The average Bonchev–Trinajstić information content (AvgIpc) is 2.28. The van der Waals surface area contributed by atoms with Crippen LogP contribution in [0.5, 0.6) is 0 Å². The van der Waals surface area contributed by atoms with Gasteiger partial charge in [0, 0.05) is 4.91 Å². The molecule has 17 heavy (non-hydrogen) atoms. The Morgan fingerprint density at radius 1 is 1.18 bits per heavy atom. The van der Waals surface area contributed by atoms with Crippen molar-refractivity contribution in [3.05, 3.63) is 46.4 Å². The zero-order valence-electron chi connectivity index (χ0n) is 10.7. The molecule has 1 aliphatic carbocycles. The van der Waals surface area contributed by atoms with Gasteiger partial charge in [-0.15, -0.1) is 12.6 Å². The van der Waals surface area contributed by atoms with Crippen LogP contribution in [0.15, 0.2) is 46.4 Å². The van der Waals surface area contributed by atoms with Crippen molar-refractivity contribution in [2.75, 3.05) is 20.1 Å². The molecule has 1 heterocycles. The molecule has 1 aliphatic heterocycles. The van der Waals surface area contributed by atoms with Crippen LogP contribution in [0.1, 0.15) is 19.8 Å². The Bertz CT molecular complexity index is 393. The summed E-state index contributed by atoms with van der Waals surface area (Å²) in [5, 5.41) is 0. The monoisotopic (exact) mass is 247 g/mol. The molecular weight excluding hydrogens is 226 g/mol. The summed E-state index contributed by atoms with van der Waals surface area (Å²) < 4.78 is 0. The molecule has 2 heteroatoms. The van der Waals surface area contributed by atoms with Crippen molar-refractivity contribution >= 4 is 12.6 Å². The van der Waals surface area contributed by atoms with E-state index in [1.54, 1.807) is 0 Å². The van der Waals surface area contributed by atoms with Crippen molar-refractivity contribution in [2.24, 2.45) is 5.92 Å². The van der Waals surface area contributed by atoms with Crippen LogP contribution in [-0.4, -0.2) is 25.0 Å². The Hall–Kier alpha value is -0.730. The number of hydrogen-bond acceptors (Lipinski definition) is 2. The molecule has 0 radical (unpaired) electrons. The number of allylic oxidation sites excluding steroid dienone is 7. The number of rotatable bonds is 1. The lowest BCUT2D eigenvalue weighted by molar-refractivity contribution is 0.240. The first-order chi connectivity index (χ1) is 8.15. The van der Waals surface area contributed by atoms with E-state index in [2.05, 4.69) is 61.9 Å². The lowest BCUT2D eigenvalue weighted by atomic mass is 9.88. The molecule has 1 saturated heterocycles. The quantitative estimate of drug-likeness (QED) is 0.693. The first-order valence-corrected chi connectivity index (χ1v) is 6.75. The maximum atomic E-state index is 4.45. The third-order valence-electron chi connectivity index (χ3n) is 3.55. The van der Waals surface area contributed by atoms with Gasteiger partial charge in [0.2, 0.25) is 0 Å². The molecule has 2 rings (SSSR count). The van der Waals surface area contributed by atoms with Crippen molar-refractivity contribution in [2.45, 2.75) is 19.8 Å². The summed E-state index contributed by atoms with van der Waals surface area (Å²) in [6, 6.07) is 0. The fraction of sp³-hybridized carbons (Fsp3) is 0.467. The number of piperidine rings is 1. The van der Waals surface area contributed by atoms with E-state index < -0.39 is 0 Å². The zero-order valence-corrected chi connectivity index (χ0v) is 11.6. The third kappa shape index (κ3) is 3.62. The summed E-state index contributed by atoms with van der Waals surface area (Å²) in [7, 11) is 2.21. The van der Waals surface area contributed by atoms with E-state index in [4.69, 9.17) is 0 Å². The highest BCUT2D eigenvalue weighted by atomic mass is 32.1. The van der Waals surface area contributed by atoms with Gasteiger partial charge in [-0.3, -0.25) is 0 Å². The van der Waals surface area contributed by atoms with Gasteiger partial charge in [0.05, 0.1) is 0 Å². The van der Waals surface area contributed by atoms with Crippen LogP contribution >= 0.6 is 12.6 Å². The molecule has 0 aromatic rings. The number of nitrogens with zero attached hydrogens (tertiary/aromatic N) is 1. The summed E-state index contributed by atoms with van der Waals surface area (Å²) >= 11 is 4.45. The molecule has 0 spiro atoms. The van der Waals surface area contributed by atoms with Crippen molar-refractivity contribution in [3.63, 3.8) is 0 Å². The van der Waals surface area contributed by atoms with Crippen LogP contribution in [0, 0.1) is 5.92 Å². The highest BCUT2D eigenvalue weighted by Gasteiger charge is 2.18. The molecule has 0 unspecified atom stereocenters. The fourth-order valence-electron chi connectivity index (χ4n) is 2.41. The minimum absolute atomic E-state index is 0.714. The second-order valence-electron chi connectivity index (χ2n) is 5.06. The highest BCUT2D eigenvalue weighted by molar-refractivity contribution is 7.84. The van der Waals surface area contributed by atoms with Gasteiger partial charge in [0.25, 0.3) is 0 Å². The molecule has 0 aromatic carbocycles. The van der Waals surface area contributed by atoms with Crippen molar-refractivity contribution in [1.82, 2.24) is 4.90 Å². The van der Waals surface area contributed by atoms with Crippen molar-refractivity contribution in [1.29, 1.82) is 0 Å². The van der Waals surface area contributed by atoms with E-state index >= 15 is 0 Å². The fourth-order valence-corrected chi connectivity index (χ4v) is 2.69. The number of thiol groups is 1. The van der Waals surface area contributed by atoms with Gasteiger partial charge in [-0.2, -0.15) is 0 Å². The second kappa shape index (κ2) is 5.74. The molecule has 0 atom stereocenters. The van der Waals surface area contributed by atoms with Gasteiger partial charge in [-0.1, -0.05) is 23.8 Å². The molecule has 1 fully saturated rings. The van der Waals surface area contributed by atoms with Crippen molar-refractivity contribution in [3.8, 4) is 0 Å². The predicted octanol–water partition coefficient (Wildman–Crippen LogP) is 3.58. The second-order valence-corrected chi connectivity index (χ2v) is 5.57. The Morgan fingerprint density at radius 2 is 1.88 bits per heavy atom. The Labute approximate surface area is 110 Å². The van der Waals surface area contributed by atoms with Gasteiger partial charge in [0.1, 0.15) is 0 Å². The maximum Gasteiger partial charge on any atom is 0.00427 e. The summed E-state index contributed by atoms with van der Waals surface area (Å²) in [4.78, 5) is 3.45. The SMILES string of the molecule is CC1=C/C=C(C2CCN(C)CC2)\C=C/C(S)=C\1. The molecule has 2 aliphatic rings. The minimum atomic E-state index is 0.714. The van der Waals surface area contributed by atoms with E-state index in [-0.39, 0.29) is 0 Å². The van der Waals surface area contributed by atoms with Crippen LogP contribution in [0.4, 0.5) is 0 Å². The Kier molecular flexibility index (Phi) is 4.30. The Balaban J connectivity index is 2.13.